The van der Waals surface area contributed by atoms with Gasteiger partial charge in [0.05, 0.1) is 13.2 Å². The van der Waals surface area contributed by atoms with Crippen LogP contribution >= 0.6 is 0 Å². The molecule has 1 aliphatic carbocycles. The van der Waals surface area contributed by atoms with E-state index in [1.165, 1.54) is 50.5 Å². The molecule has 21 heavy (non-hydrogen) atoms. The van der Waals surface area contributed by atoms with Crippen molar-refractivity contribution >= 4 is 0 Å². The zero-order chi connectivity index (χ0) is 14.8. The van der Waals surface area contributed by atoms with Crippen molar-refractivity contribution in [3.05, 3.63) is 48.0 Å². The molecule has 0 saturated heterocycles. The molecule has 1 fully saturated rings. The maximum Gasteiger partial charge on any atom is 0.0717 e. The first-order valence-corrected chi connectivity index (χ1v) is 8.63. The monoisotopic (exact) mass is 286 g/mol. The molecule has 0 unspecified atom stereocenters. The topological polar surface area (TPSA) is 9.23 Å². The second kappa shape index (κ2) is 9.78. The number of ether oxygens (including phenoxy) is 1. The first-order chi connectivity index (χ1) is 10.3. The fourth-order valence-corrected chi connectivity index (χ4v) is 3.13. The Hall–Kier alpha value is -1.08. The van der Waals surface area contributed by atoms with Crippen LogP contribution in [0.3, 0.4) is 0 Å². The Morgan fingerprint density at radius 1 is 1.14 bits per heavy atom. The summed E-state index contributed by atoms with van der Waals surface area (Å²) in [5.74, 6) is 1.51. The van der Waals surface area contributed by atoms with Gasteiger partial charge in [0.1, 0.15) is 0 Å². The molecule has 1 heteroatoms. The molecular formula is C20H30O. The summed E-state index contributed by atoms with van der Waals surface area (Å²) in [6, 6.07) is 10.4. The molecule has 1 aromatic carbocycles. The van der Waals surface area contributed by atoms with Gasteiger partial charge in [0.25, 0.3) is 0 Å². The van der Waals surface area contributed by atoms with E-state index in [0.717, 1.165) is 19.1 Å². The average molecular weight is 286 g/mol. The van der Waals surface area contributed by atoms with E-state index in [1.54, 1.807) is 0 Å². The van der Waals surface area contributed by atoms with Crippen LogP contribution in [0.15, 0.2) is 42.5 Å². The van der Waals surface area contributed by atoms with E-state index in [0.29, 0.717) is 5.92 Å². The molecule has 1 aliphatic rings. The van der Waals surface area contributed by atoms with E-state index in [1.807, 2.05) is 6.07 Å². The molecule has 0 N–H and O–H groups in total. The Morgan fingerprint density at radius 3 is 2.67 bits per heavy atom. The Bertz CT molecular complexity index is 390. The molecule has 0 spiro atoms. The fraction of sp³-hybridized carbons (Fsp3) is 0.600. The van der Waals surface area contributed by atoms with Gasteiger partial charge in [-0.3, -0.25) is 0 Å². The van der Waals surface area contributed by atoms with Gasteiger partial charge in [-0.25, -0.2) is 0 Å². The molecule has 116 valence electrons. The van der Waals surface area contributed by atoms with E-state index in [2.05, 4.69) is 43.3 Å². The quantitative estimate of drug-likeness (QED) is 0.552. The van der Waals surface area contributed by atoms with Crippen LogP contribution in [0.1, 0.15) is 57.4 Å². The molecule has 0 amide bonds. The summed E-state index contributed by atoms with van der Waals surface area (Å²) in [6.07, 6.45) is 14.6. The van der Waals surface area contributed by atoms with Crippen molar-refractivity contribution < 1.29 is 4.74 Å². The summed E-state index contributed by atoms with van der Waals surface area (Å²) in [4.78, 5) is 0. The van der Waals surface area contributed by atoms with Crippen LogP contribution in [-0.4, -0.2) is 6.61 Å². The van der Waals surface area contributed by atoms with Crippen LogP contribution in [0.2, 0.25) is 0 Å². The first kappa shape index (κ1) is 16.3. The Balaban J connectivity index is 1.54. The standard InChI is InChI=1S/C20H30O/c1-18(16-21-17-20-14-6-3-7-15-20)10-8-9-13-19-11-4-2-5-12-19/h3,6-8,10,14-15,18-19H,2,4-5,9,11-13,16-17H2,1H3/b10-8+/t18-/m1/s1. The highest BCUT2D eigenvalue weighted by atomic mass is 16.5. The normalized spacial score (nSPS) is 18.1. The SMILES string of the molecule is C[C@H](/C=C/CCC1CCCCC1)COCc1ccccc1. The second-order valence-electron chi connectivity index (χ2n) is 6.49. The van der Waals surface area contributed by atoms with Crippen molar-refractivity contribution in [2.75, 3.05) is 6.61 Å². The third kappa shape index (κ3) is 6.95. The number of benzene rings is 1. The zero-order valence-electron chi connectivity index (χ0n) is 13.5. The van der Waals surface area contributed by atoms with Crippen molar-refractivity contribution in [3.8, 4) is 0 Å². The van der Waals surface area contributed by atoms with E-state index < -0.39 is 0 Å². The highest BCUT2D eigenvalue weighted by molar-refractivity contribution is 5.13. The highest BCUT2D eigenvalue weighted by Gasteiger charge is 2.11. The van der Waals surface area contributed by atoms with Crippen molar-refractivity contribution in [2.45, 2.75) is 58.5 Å². The van der Waals surface area contributed by atoms with Gasteiger partial charge in [-0.15, -0.1) is 0 Å². The summed E-state index contributed by atoms with van der Waals surface area (Å²) in [6.45, 7) is 3.78. The van der Waals surface area contributed by atoms with E-state index in [-0.39, 0.29) is 0 Å². The fourth-order valence-electron chi connectivity index (χ4n) is 3.13. The van der Waals surface area contributed by atoms with E-state index in [9.17, 15) is 0 Å². The van der Waals surface area contributed by atoms with Gasteiger partial charge in [0.15, 0.2) is 0 Å². The Kier molecular flexibility index (Phi) is 7.59. The van der Waals surface area contributed by atoms with Crippen molar-refractivity contribution in [2.24, 2.45) is 11.8 Å². The van der Waals surface area contributed by atoms with Gasteiger partial charge in [-0.1, -0.05) is 81.5 Å². The summed E-state index contributed by atoms with van der Waals surface area (Å²) < 4.78 is 5.78. The number of rotatable bonds is 8. The summed E-state index contributed by atoms with van der Waals surface area (Å²) >= 11 is 0. The Morgan fingerprint density at radius 2 is 1.90 bits per heavy atom. The molecule has 2 rings (SSSR count). The van der Waals surface area contributed by atoms with Crippen LogP contribution in [0.4, 0.5) is 0 Å². The number of hydrogen-bond acceptors (Lipinski definition) is 1. The molecule has 1 saturated carbocycles. The predicted molar refractivity (Wildman–Crippen MR) is 90.2 cm³/mol. The Labute approximate surface area is 130 Å². The molecule has 0 aliphatic heterocycles. The van der Waals surface area contributed by atoms with Gasteiger partial charge in [-0.05, 0) is 30.2 Å². The molecule has 1 nitrogen and oxygen atoms in total. The van der Waals surface area contributed by atoms with Crippen molar-refractivity contribution in [3.63, 3.8) is 0 Å². The largest absolute Gasteiger partial charge is 0.376 e. The lowest BCUT2D eigenvalue weighted by Crippen LogP contribution is -2.05. The van der Waals surface area contributed by atoms with Gasteiger partial charge in [-0.2, -0.15) is 0 Å². The third-order valence-corrected chi connectivity index (χ3v) is 4.42. The highest BCUT2D eigenvalue weighted by Crippen LogP contribution is 2.27. The van der Waals surface area contributed by atoms with Crippen molar-refractivity contribution in [1.82, 2.24) is 0 Å². The zero-order valence-corrected chi connectivity index (χ0v) is 13.5. The lowest BCUT2D eigenvalue weighted by Gasteiger charge is -2.20. The lowest BCUT2D eigenvalue weighted by atomic mass is 9.86. The maximum atomic E-state index is 5.78. The molecular weight excluding hydrogens is 256 g/mol. The van der Waals surface area contributed by atoms with Gasteiger partial charge < -0.3 is 4.74 Å². The minimum atomic E-state index is 0.514. The van der Waals surface area contributed by atoms with Gasteiger partial charge in [0.2, 0.25) is 0 Å². The van der Waals surface area contributed by atoms with Crippen LogP contribution in [0.25, 0.3) is 0 Å². The molecule has 0 aromatic heterocycles. The van der Waals surface area contributed by atoms with Gasteiger partial charge in [0, 0.05) is 0 Å². The van der Waals surface area contributed by atoms with Crippen LogP contribution < -0.4 is 0 Å². The second-order valence-corrected chi connectivity index (χ2v) is 6.49. The predicted octanol–water partition coefficient (Wildman–Crippen LogP) is 5.76. The van der Waals surface area contributed by atoms with E-state index in [4.69, 9.17) is 4.74 Å². The maximum absolute atomic E-state index is 5.78. The lowest BCUT2D eigenvalue weighted by molar-refractivity contribution is 0.104. The minimum Gasteiger partial charge on any atom is -0.376 e. The number of hydrogen-bond donors (Lipinski definition) is 0. The van der Waals surface area contributed by atoms with Crippen LogP contribution in [0, 0.1) is 11.8 Å². The summed E-state index contributed by atoms with van der Waals surface area (Å²) in [5.41, 5.74) is 1.26. The average Bonchev–Trinajstić information content (AvgIpc) is 2.54. The molecule has 1 aromatic rings. The summed E-state index contributed by atoms with van der Waals surface area (Å²) in [7, 11) is 0. The van der Waals surface area contributed by atoms with Crippen LogP contribution in [-0.2, 0) is 11.3 Å². The smallest absolute Gasteiger partial charge is 0.0717 e. The minimum absolute atomic E-state index is 0.514. The molecule has 1 atom stereocenters. The summed E-state index contributed by atoms with van der Waals surface area (Å²) in [5, 5.41) is 0. The van der Waals surface area contributed by atoms with Gasteiger partial charge >= 0.3 is 0 Å². The van der Waals surface area contributed by atoms with Crippen molar-refractivity contribution in [1.29, 1.82) is 0 Å². The third-order valence-electron chi connectivity index (χ3n) is 4.42. The number of allylic oxidation sites excluding steroid dienone is 1. The van der Waals surface area contributed by atoms with Crippen LogP contribution in [0.5, 0.6) is 0 Å². The molecule has 0 bridgehead atoms. The molecule has 0 heterocycles. The molecule has 0 radical (unpaired) electrons. The first-order valence-electron chi connectivity index (χ1n) is 8.63. The van der Waals surface area contributed by atoms with E-state index >= 15 is 0 Å².